The lowest BCUT2D eigenvalue weighted by molar-refractivity contribution is -0.137. The predicted molar refractivity (Wildman–Crippen MR) is 137 cm³/mol. The molecule has 5 aromatic rings. The Bertz CT molecular complexity index is 1620. The van der Waals surface area contributed by atoms with Crippen molar-refractivity contribution in [2.45, 2.75) is 19.3 Å². The van der Waals surface area contributed by atoms with E-state index in [1.807, 2.05) is 53.6 Å². The van der Waals surface area contributed by atoms with Gasteiger partial charge in [-0.2, -0.15) is 13.2 Å². The minimum Gasteiger partial charge on any atom is -0.364 e. The van der Waals surface area contributed by atoms with Crippen LogP contribution in [0.5, 0.6) is 0 Å². The van der Waals surface area contributed by atoms with E-state index in [1.165, 1.54) is 6.07 Å². The molecule has 1 aliphatic heterocycles. The maximum absolute atomic E-state index is 13.5. The van der Waals surface area contributed by atoms with Crippen LogP contribution in [-0.4, -0.2) is 15.0 Å². The van der Waals surface area contributed by atoms with E-state index < -0.39 is 17.6 Å². The number of hydrogen-bond acceptors (Lipinski definition) is 3. The first-order valence-electron chi connectivity index (χ1n) is 12.0. The van der Waals surface area contributed by atoms with Crippen molar-refractivity contribution >= 4 is 6.08 Å². The fraction of sp³-hybridized carbons (Fsp3) is 0.100. The number of aromatic nitrogens is 2. The molecule has 0 bridgehead atoms. The Morgan fingerprint density at radius 3 is 2.32 bits per heavy atom. The molecular weight excluding hydrogens is 494 g/mol. The summed E-state index contributed by atoms with van der Waals surface area (Å²) in [6.45, 7) is 0.838. The number of H-pyrrole nitrogens is 1. The Hall–Kier alpha value is -4.59. The molecule has 8 heteroatoms. The lowest BCUT2D eigenvalue weighted by atomic mass is 9.96. The van der Waals surface area contributed by atoms with Gasteiger partial charge in [-0.25, -0.2) is 4.39 Å². The second-order valence-electron chi connectivity index (χ2n) is 9.09. The Morgan fingerprint density at radius 2 is 1.61 bits per heavy atom. The first kappa shape index (κ1) is 23.8. The van der Waals surface area contributed by atoms with Crippen LogP contribution >= 0.6 is 0 Å². The van der Waals surface area contributed by atoms with Crippen molar-refractivity contribution in [3.05, 3.63) is 120 Å². The van der Waals surface area contributed by atoms with Crippen molar-refractivity contribution in [3.63, 3.8) is 0 Å². The van der Waals surface area contributed by atoms with Crippen molar-refractivity contribution < 1.29 is 22.1 Å². The van der Waals surface area contributed by atoms with Gasteiger partial charge in [0.15, 0.2) is 5.76 Å². The predicted octanol–water partition coefficient (Wildman–Crippen LogP) is 8.15. The van der Waals surface area contributed by atoms with Crippen LogP contribution in [0.1, 0.15) is 22.6 Å². The van der Waals surface area contributed by atoms with E-state index in [0.29, 0.717) is 24.9 Å². The molecule has 6 rings (SSSR count). The van der Waals surface area contributed by atoms with Crippen molar-refractivity contribution in [2.75, 3.05) is 0 Å². The molecule has 190 valence electrons. The van der Waals surface area contributed by atoms with Crippen LogP contribution in [0.4, 0.5) is 17.6 Å². The van der Waals surface area contributed by atoms with Gasteiger partial charge in [0.1, 0.15) is 11.5 Å². The SMILES string of the molecule is Fc1ccc(-c2cc(CN3C=Cc4c([nH]c(-c5ccccc5)c4-c4ccccc4)C3)on2)c(C(F)(F)F)c1. The maximum Gasteiger partial charge on any atom is 0.417 e. The molecule has 0 saturated carbocycles. The highest BCUT2D eigenvalue weighted by atomic mass is 19.4. The number of nitrogens with zero attached hydrogens (tertiary/aromatic N) is 2. The highest BCUT2D eigenvalue weighted by Crippen LogP contribution is 2.40. The topological polar surface area (TPSA) is 45.1 Å². The van der Waals surface area contributed by atoms with Gasteiger partial charge >= 0.3 is 6.18 Å². The third kappa shape index (κ3) is 4.49. The normalized spacial score (nSPS) is 13.1. The summed E-state index contributed by atoms with van der Waals surface area (Å²) in [4.78, 5) is 5.58. The quantitative estimate of drug-likeness (QED) is 0.240. The summed E-state index contributed by atoms with van der Waals surface area (Å²) in [5, 5.41) is 3.84. The summed E-state index contributed by atoms with van der Waals surface area (Å²) >= 11 is 0. The molecule has 4 nitrogen and oxygen atoms in total. The Balaban J connectivity index is 1.29. The summed E-state index contributed by atoms with van der Waals surface area (Å²) in [5.74, 6) is -0.571. The van der Waals surface area contributed by atoms with Crippen LogP contribution in [0, 0.1) is 5.82 Å². The maximum atomic E-state index is 13.5. The first-order valence-corrected chi connectivity index (χ1v) is 12.0. The van der Waals surface area contributed by atoms with Gasteiger partial charge in [0.2, 0.25) is 0 Å². The van der Waals surface area contributed by atoms with E-state index in [0.717, 1.165) is 45.8 Å². The van der Waals surface area contributed by atoms with Crippen LogP contribution in [0.15, 0.2) is 95.7 Å². The zero-order valence-corrected chi connectivity index (χ0v) is 20.0. The van der Waals surface area contributed by atoms with Gasteiger partial charge in [-0.1, -0.05) is 65.8 Å². The third-order valence-electron chi connectivity index (χ3n) is 6.54. The summed E-state index contributed by atoms with van der Waals surface area (Å²) in [6, 6.07) is 24.2. The van der Waals surface area contributed by atoms with Crippen molar-refractivity contribution in [3.8, 4) is 33.6 Å². The minimum absolute atomic E-state index is 0.00612. The number of nitrogens with one attached hydrogen (secondary N) is 1. The largest absolute Gasteiger partial charge is 0.417 e. The van der Waals surface area contributed by atoms with E-state index in [4.69, 9.17) is 4.52 Å². The number of benzene rings is 3. The van der Waals surface area contributed by atoms with Crippen LogP contribution < -0.4 is 0 Å². The van der Waals surface area contributed by atoms with Gasteiger partial charge in [0.05, 0.1) is 24.3 Å². The zero-order valence-electron chi connectivity index (χ0n) is 20.0. The molecule has 0 aliphatic carbocycles. The van der Waals surface area contributed by atoms with Crippen LogP contribution in [0.2, 0.25) is 0 Å². The van der Waals surface area contributed by atoms with Crippen molar-refractivity contribution in [1.82, 2.24) is 15.0 Å². The molecule has 0 amide bonds. The fourth-order valence-corrected chi connectivity index (χ4v) is 4.83. The van der Waals surface area contributed by atoms with E-state index in [1.54, 1.807) is 0 Å². The Kier molecular flexibility index (Phi) is 5.87. The second-order valence-corrected chi connectivity index (χ2v) is 9.09. The van der Waals surface area contributed by atoms with Gasteiger partial charge in [0.25, 0.3) is 0 Å². The average molecular weight is 516 g/mol. The number of halogens is 4. The number of rotatable bonds is 5. The van der Waals surface area contributed by atoms with Crippen LogP contribution in [0.25, 0.3) is 39.7 Å². The highest BCUT2D eigenvalue weighted by Gasteiger charge is 2.35. The molecule has 38 heavy (non-hydrogen) atoms. The van der Waals surface area contributed by atoms with Gasteiger partial charge in [-0.15, -0.1) is 0 Å². The molecule has 0 saturated heterocycles. The molecule has 3 aromatic carbocycles. The smallest absolute Gasteiger partial charge is 0.364 e. The molecule has 1 N–H and O–H groups in total. The molecule has 0 radical (unpaired) electrons. The minimum atomic E-state index is -4.72. The molecule has 0 unspecified atom stereocenters. The first-order chi connectivity index (χ1) is 18.4. The zero-order chi connectivity index (χ0) is 26.3. The van der Waals surface area contributed by atoms with Gasteiger partial charge in [-0.3, -0.25) is 0 Å². The molecule has 0 fully saturated rings. The molecule has 2 aromatic heterocycles. The Morgan fingerprint density at radius 1 is 0.895 bits per heavy atom. The summed E-state index contributed by atoms with van der Waals surface area (Å²) < 4.78 is 59.3. The molecule has 0 spiro atoms. The highest BCUT2D eigenvalue weighted by molar-refractivity contribution is 5.89. The monoisotopic (exact) mass is 515 g/mol. The Labute approximate surface area is 215 Å². The van der Waals surface area contributed by atoms with Crippen LogP contribution in [-0.2, 0) is 19.3 Å². The van der Waals surface area contributed by atoms with Crippen LogP contribution in [0.3, 0.4) is 0 Å². The molecule has 1 aliphatic rings. The molecule has 0 atom stereocenters. The fourth-order valence-electron chi connectivity index (χ4n) is 4.83. The van der Waals surface area contributed by atoms with Gasteiger partial charge in [0, 0.05) is 34.7 Å². The van der Waals surface area contributed by atoms with E-state index >= 15 is 0 Å². The molecule has 3 heterocycles. The van der Waals surface area contributed by atoms with Crippen molar-refractivity contribution in [1.29, 1.82) is 0 Å². The summed E-state index contributed by atoms with van der Waals surface area (Å²) in [6.07, 6.45) is -0.745. The van der Waals surface area contributed by atoms with Crippen molar-refractivity contribution in [2.24, 2.45) is 0 Å². The molecular formula is C30H21F4N3O. The number of alkyl halides is 3. The third-order valence-corrected chi connectivity index (χ3v) is 6.54. The standard InChI is InChI=1S/C30H21F4N3O/c31-21-11-12-23(25(15-21)30(32,33)34)26-16-22(38-36-26)17-37-14-13-24-27(18-37)35-29(20-9-5-2-6-10-20)28(24)19-7-3-1-4-8-19/h1-16,35H,17-18H2. The number of fused-ring (bicyclic) bond motifs is 1. The average Bonchev–Trinajstić information content (AvgIpc) is 3.54. The number of aromatic amines is 1. The van der Waals surface area contributed by atoms with Gasteiger partial charge in [-0.05, 0) is 35.4 Å². The summed E-state index contributed by atoms with van der Waals surface area (Å²) in [7, 11) is 0. The second kappa shape index (κ2) is 9.37. The lowest BCUT2D eigenvalue weighted by Crippen LogP contribution is -2.19. The van der Waals surface area contributed by atoms with E-state index in [2.05, 4.69) is 34.4 Å². The van der Waals surface area contributed by atoms with E-state index in [-0.39, 0.29) is 11.3 Å². The van der Waals surface area contributed by atoms with Gasteiger partial charge < -0.3 is 14.4 Å². The summed E-state index contributed by atoms with van der Waals surface area (Å²) in [5.41, 5.74) is 5.09. The van der Waals surface area contributed by atoms with E-state index in [9.17, 15) is 17.6 Å². The lowest BCUT2D eigenvalue weighted by Gasteiger charge is -2.22. The number of hydrogen-bond donors (Lipinski definition) is 1.